The second-order valence-electron chi connectivity index (χ2n) is 5.45. The van der Waals surface area contributed by atoms with Gasteiger partial charge in [-0.3, -0.25) is 0 Å². The van der Waals surface area contributed by atoms with Crippen LogP contribution in [0.5, 0.6) is 0 Å². The van der Waals surface area contributed by atoms with E-state index < -0.39 is 5.60 Å². The summed E-state index contributed by atoms with van der Waals surface area (Å²) in [6.07, 6.45) is -0.311. The summed E-state index contributed by atoms with van der Waals surface area (Å²) in [6, 6.07) is 0.213. The highest BCUT2D eigenvalue weighted by atomic mass is 16.6. The third-order valence-electron chi connectivity index (χ3n) is 2.50. The Morgan fingerprint density at radius 3 is 2.40 bits per heavy atom. The van der Waals surface area contributed by atoms with Gasteiger partial charge in [-0.1, -0.05) is 6.92 Å². The van der Waals surface area contributed by atoms with Gasteiger partial charge >= 0.3 is 6.09 Å². The minimum atomic E-state index is -0.419. The van der Waals surface area contributed by atoms with E-state index in [1.165, 1.54) is 0 Å². The van der Waals surface area contributed by atoms with Crippen molar-refractivity contribution in [1.82, 2.24) is 10.2 Å². The molecule has 1 rings (SSSR count). The topological polar surface area (TPSA) is 41.6 Å². The third-order valence-corrected chi connectivity index (χ3v) is 2.50. The number of rotatable bonds is 1. The van der Waals surface area contributed by atoms with E-state index in [1.807, 2.05) is 20.8 Å². The summed E-state index contributed by atoms with van der Waals surface area (Å²) in [5, 5.41) is 2.91. The number of hydrogen-bond acceptors (Lipinski definition) is 3. The van der Waals surface area contributed by atoms with E-state index in [4.69, 9.17) is 4.74 Å². The Labute approximate surface area is 92.0 Å². The van der Waals surface area contributed by atoms with E-state index >= 15 is 0 Å². The van der Waals surface area contributed by atoms with Gasteiger partial charge in [0.1, 0.15) is 5.60 Å². The van der Waals surface area contributed by atoms with Crippen LogP contribution in [0, 0.1) is 5.92 Å². The van der Waals surface area contributed by atoms with Crippen LogP contribution in [0.3, 0.4) is 0 Å². The SMILES string of the molecule is C[C@@H]1CN(C)C[C@H]1NC(=O)OC(C)(C)C. The van der Waals surface area contributed by atoms with Crippen molar-refractivity contribution in [3.05, 3.63) is 0 Å². The van der Waals surface area contributed by atoms with Crippen LogP contribution in [-0.2, 0) is 4.74 Å². The molecule has 1 N–H and O–H groups in total. The fraction of sp³-hybridized carbons (Fsp3) is 0.909. The number of amides is 1. The first-order valence-corrected chi connectivity index (χ1v) is 5.46. The van der Waals surface area contributed by atoms with Gasteiger partial charge in [-0.05, 0) is 33.7 Å². The summed E-state index contributed by atoms with van der Waals surface area (Å²) in [5.74, 6) is 0.488. The van der Waals surface area contributed by atoms with Crippen LogP contribution in [-0.4, -0.2) is 42.8 Å². The minimum absolute atomic E-state index is 0.213. The first kappa shape index (κ1) is 12.3. The van der Waals surface area contributed by atoms with E-state index in [9.17, 15) is 4.79 Å². The Bertz CT molecular complexity index is 235. The minimum Gasteiger partial charge on any atom is -0.444 e. The molecule has 0 saturated carbocycles. The monoisotopic (exact) mass is 214 g/mol. The van der Waals surface area contributed by atoms with Gasteiger partial charge in [0.2, 0.25) is 0 Å². The molecule has 0 aromatic rings. The number of hydrogen-bond donors (Lipinski definition) is 1. The number of nitrogens with one attached hydrogen (secondary N) is 1. The van der Waals surface area contributed by atoms with Crippen molar-refractivity contribution in [2.45, 2.75) is 39.3 Å². The zero-order valence-electron chi connectivity index (χ0n) is 10.3. The van der Waals surface area contributed by atoms with Gasteiger partial charge in [0.25, 0.3) is 0 Å². The fourth-order valence-corrected chi connectivity index (χ4v) is 1.86. The third kappa shape index (κ3) is 4.08. The molecule has 0 spiro atoms. The second kappa shape index (κ2) is 4.39. The van der Waals surface area contributed by atoms with Crippen molar-refractivity contribution in [3.63, 3.8) is 0 Å². The van der Waals surface area contributed by atoms with Gasteiger partial charge in [-0.15, -0.1) is 0 Å². The van der Waals surface area contributed by atoms with E-state index in [1.54, 1.807) is 0 Å². The highest BCUT2D eigenvalue weighted by molar-refractivity contribution is 5.68. The van der Waals surface area contributed by atoms with E-state index in [2.05, 4.69) is 24.2 Å². The molecule has 1 fully saturated rings. The number of carbonyl (C=O) groups is 1. The zero-order valence-corrected chi connectivity index (χ0v) is 10.3. The molecule has 0 unspecified atom stereocenters. The number of ether oxygens (including phenoxy) is 1. The molecule has 1 saturated heterocycles. The molecule has 0 aromatic heterocycles. The Morgan fingerprint density at radius 1 is 1.40 bits per heavy atom. The quantitative estimate of drug-likeness (QED) is 0.718. The van der Waals surface area contributed by atoms with E-state index in [0.29, 0.717) is 5.92 Å². The van der Waals surface area contributed by atoms with Crippen LogP contribution in [0.25, 0.3) is 0 Å². The number of nitrogens with zero attached hydrogens (tertiary/aromatic N) is 1. The van der Waals surface area contributed by atoms with Crippen molar-refractivity contribution < 1.29 is 9.53 Å². The van der Waals surface area contributed by atoms with Gasteiger partial charge < -0.3 is 15.0 Å². The Kier molecular flexibility index (Phi) is 3.60. The normalized spacial score (nSPS) is 27.8. The molecule has 4 heteroatoms. The molecule has 88 valence electrons. The maximum absolute atomic E-state index is 11.5. The molecule has 0 bridgehead atoms. The summed E-state index contributed by atoms with van der Waals surface area (Å²) in [7, 11) is 2.06. The Morgan fingerprint density at radius 2 is 2.00 bits per heavy atom. The van der Waals surface area contributed by atoms with Crippen LogP contribution >= 0.6 is 0 Å². The Hall–Kier alpha value is -0.770. The summed E-state index contributed by atoms with van der Waals surface area (Å²) in [6.45, 7) is 9.69. The molecule has 15 heavy (non-hydrogen) atoms. The Balaban J connectivity index is 2.39. The summed E-state index contributed by atoms with van der Waals surface area (Å²) in [5.41, 5.74) is -0.419. The van der Waals surface area contributed by atoms with Crippen molar-refractivity contribution in [2.24, 2.45) is 5.92 Å². The van der Waals surface area contributed by atoms with Crippen molar-refractivity contribution in [2.75, 3.05) is 20.1 Å². The number of alkyl carbamates (subject to hydrolysis) is 1. The van der Waals surface area contributed by atoms with Crippen LogP contribution < -0.4 is 5.32 Å². The molecule has 0 radical (unpaired) electrons. The van der Waals surface area contributed by atoms with Crippen molar-refractivity contribution >= 4 is 6.09 Å². The number of likely N-dealkylation sites (N-methyl/N-ethyl adjacent to an activating group) is 1. The summed E-state index contributed by atoms with van der Waals surface area (Å²) in [4.78, 5) is 13.7. The molecule has 0 aliphatic carbocycles. The van der Waals surface area contributed by atoms with Crippen LogP contribution in [0.15, 0.2) is 0 Å². The average molecular weight is 214 g/mol. The predicted molar refractivity (Wildman–Crippen MR) is 59.8 cm³/mol. The standard InChI is InChI=1S/C11H22N2O2/c1-8-6-13(5)7-9(8)12-10(14)15-11(2,3)4/h8-9H,6-7H2,1-5H3,(H,12,14)/t8-,9-/m1/s1. The first-order valence-electron chi connectivity index (χ1n) is 5.46. The average Bonchev–Trinajstić information content (AvgIpc) is 2.25. The van der Waals surface area contributed by atoms with Crippen LogP contribution in [0.4, 0.5) is 4.79 Å². The van der Waals surface area contributed by atoms with Gasteiger partial charge in [0, 0.05) is 19.1 Å². The van der Waals surface area contributed by atoms with Gasteiger partial charge in [0.15, 0.2) is 0 Å². The molecule has 1 aliphatic rings. The lowest BCUT2D eigenvalue weighted by Crippen LogP contribution is -2.42. The molecule has 1 amide bonds. The largest absolute Gasteiger partial charge is 0.444 e. The lowest BCUT2D eigenvalue weighted by atomic mass is 10.1. The summed E-state index contributed by atoms with van der Waals surface area (Å²) >= 11 is 0. The van der Waals surface area contributed by atoms with Gasteiger partial charge in [0.05, 0.1) is 0 Å². The maximum atomic E-state index is 11.5. The lowest BCUT2D eigenvalue weighted by Gasteiger charge is -2.23. The molecule has 2 atom stereocenters. The van der Waals surface area contributed by atoms with Crippen molar-refractivity contribution in [3.8, 4) is 0 Å². The second-order valence-corrected chi connectivity index (χ2v) is 5.45. The molecule has 4 nitrogen and oxygen atoms in total. The lowest BCUT2D eigenvalue weighted by molar-refractivity contribution is 0.0498. The number of likely N-dealkylation sites (tertiary alicyclic amines) is 1. The van der Waals surface area contributed by atoms with Gasteiger partial charge in [-0.2, -0.15) is 0 Å². The molecular formula is C11H22N2O2. The fourth-order valence-electron chi connectivity index (χ4n) is 1.86. The molecule has 1 aliphatic heterocycles. The molecule has 1 heterocycles. The van der Waals surface area contributed by atoms with Crippen LogP contribution in [0.1, 0.15) is 27.7 Å². The highest BCUT2D eigenvalue weighted by Gasteiger charge is 2.29. The highest BCUT2D eigenvalue weighted by Crippen LogP contribution is 2.15. The van der Waals surface area contributed by atoms with Crippen LogP contribution in [0.2, 0.25) is 0 Å². The number of carbonyl (C=O) groups excluding carboxylic acids is 1. The molecular weight excluding hydrogens is 192 g/mol. The predicted octanol–water partition coefficient (Wildman–Crippen LogP) is 1.46. The van der Waals surface area contributed by atoms with E-state index in [-0.39, 0.29) is 12.1 Å². The smallest absolute Gasteiger partial charge is 0.407 e. The first-order chi connectivity index (χ1) is 6.78. The maximum Gasteiger partial charge on any atom is 0.407 e. The van der Waals surface area contributed by atoms with Crippen molar-refractivity contribution in [1.29, 1.82) is 0 Å². The summed E-state index contributed by atoms with van der Waals surface area (Å²) < 4.78 is 5.21. The van der Waals surface area contributed by atoms with Gasteiger partial charge in [-0.25, -0.2) is 4.79 Å². The van der Waals surface area contributed by atoms with E-state index in [0.717, 1.165) is 13.1 Å². The zero-order chi connectivity index (χ0) is 11.6. The molecule has 0 aromatic carbocycles.